The zero-order chi connectivity index (χ0) is 52.9. The molecular formula is C67H102O6. The van der Waals surface area contributed by atoms with E-state index in [9.17, 15) is 14.4 Å². The van der Waals surface area contributed by atoms with Crippen LogP contribution in [0.5, 0.6) is 0 Å². The minimum Gasteiger partial charge on any atom is -0.462 e. The van der Waals surface area contributed by atoms with E-state index in [4.69, 9.17) is 14.2 Å². The van der Waals surface area contributed by atoms with E-state index in [1.165, 1.54) is 51.4 Å². The predicted molar refractivity (Wildman–Crippen MR) is 315 cm³/mol. The van der Waals surface area contributed by atoms with Gasteiger partial charge in [0.05, 0.1) is 0 Å². The van der Waals surface area contributed by atoms with Crippen molar-refractivity contribution < 1.29 is 28.6 Å². The van der Waals surface area contributed by atoms with Crippen LogP contribution in [0.2, 0.25) is 0 Å². The molecule has 0 aliphatic rings. The third-order valence-electron chi connectivity index (χ3n) is 11.2. The summed E-state index contributed by atoms with van der Waals surface area (Å²) in [5, 5.41) is 0. The van der Waals surface area contributed by atoms with Gasteiger partial charge in [-0.15, -0.1) is 0 Å². The highest BCUT2D eigenvalue weighted by atomic mass is 16.6. The van der Waals surface area contributed by atoms with Gasteiger partial charge < -0.3 is 14.2 Å². The Bertz CT molecular complexity index is 1630. The van der Waals surface area contributed by atoms with E-state index in [1.807, 2.05) is 24.3 Å². The first-order chi connectivity index (χ1) is 36.0. The fourth-order valence-electron chi connectivity index (χ4n) is 6.93. The van der Waals surface area contributed by atoms with Gasteiger partial charge in [0.2, 0.25) is 0 Å². The number of ether oxygens (including phenoxy) is 3. The summed E-state index contributed by atoms with van der Waals surface area (Å²) in [7, 11) is 0. The fourth-order valence-corrected chi connectivity index (χ4v) is 6.93. The molecule has 0 saturated carbocycles. The van der Waals surface area contributed by atoms with Gasteiger partial charge in [0.25, 0.3) is 0 Å². The molecule has 0 aliphatic heterocycles. The average molecular weight is 1000 g/mol. The Hall–Kier alpha value is -5.23. The second-order valence-electron chi connectivity index (χ2n) is 18.1. The Morgan fingerprint density at radius 2 is 0.562 bits per heavy atom. The lowest BCUT2D eigenvalue weighted by Gasteiger charge is -2.18. The Kier molecular flexibility index (Phi) is 55.1. The summed E-state index contributed by atoms with van der Waals surface area (Å²) in [6.45, 7) is 6.30. The minimum absolute atomic E-state index is 0.159. The van der Waals surface area contributed by atoms with Crippen molar-refractivity contribution in [3.05, 3.63) is 170 Å². The average Bonchev–Trinajstić information content (AvgIpc) is 3.39. The number of esters is 3. The largest absolute Gasteiger partial charge is 0.462 e. The molecule has 0 aromatic rings. The lowest BCUT2D eigenvalue weighted by molar-refractivity contribution is -0.166. The summed E-state index contributed by atoms with van der Waals surface area (Å²) in [5.41, 5.74) is 0. The Morgan fingerprint density at radius 1 is 0.288 bits per heavy atom. The quantitative estimate of drug-likeness (QED) is 0.0261. The van der Waals surface area contributed by atoms with Crippen LogP contribution in [0.15, 0.2) is 170 Å². The van der Waals surface area contributed by atoms with Crippen molar-refractivity contribution in [1.82, 2.24) is 0 Å². The Labute approximate surface area is 447 Å². The highest BCUT2D eigenvalue weighted by Gasteiger charge is 2.19. The van der Waals surface area contributed by atoms with Crippen molar-refractivity contribution in [2.45, 2.75) is 219 Å². The van der Waals surface area contributed by atoms with Crippen LogP contribution in [0.4, 0.5) is 0 Å². The molecule has 0 bridgehead atoms. The number of allylic oxidation sites excluding steroid dienone is 28. The van der Waals surface area contributed by atoms with Crippen LogP contribution in [0.3, 0.4) is 0 Å². The maximum Gasteiger partial charge on any atom is 0.306 e. The molecule has 0 spiro atoms. The van der Waals surface area contributed by atoms with Crippen LogP contribution in [-0.2, 0) is 28.6 Å². The molecular weight excluding hydrogens is 901 g/mol. The highest BCUT2D eigenvalue weighted by molar-refractivity contribution is 5.71. The summed E-state index contributed by atoms with van der Waals surface area (Å²) < 4.78 is 16.7. The minimum atomic E-state index is -0.862. The number of unbranched alkanes of at least 4 members (excludes halogenated alkanes) is 10. The first kappa shape index (κ1) is 67.8. The van der Waals surface area contributed by atoms with Gasteiger partial charge in [-0.3, -0.25) is 14.4 Å². The number of hydrogen-bond donors (Lipinski definition) is 0. The zero-order valence-corrected chi connectivity index (χ0v) is 46.3. The first-order valence-corrected chi connectivity index (χ1v) is 28.6. The van der Waals surface area contributed by atoms with E-state index >= 15 is 0 Å². The van der Waals surface area contributed by atoms with Gasteiger partial charge in [0, 0.05) is 19.3 Å². The second kappa shape index (κ2) is 59.3. The van der Waals surface area contributed by atoms with Gasteiger partial charge in [0.1, 0.15) is 13.2 Å². The number of hydrogen-bond acceptors (Lipinski definition) is 6. The third-order valence-corrected chi connectivity index (χ3v) is 11.2. The van der Waals surface area contributed by atoms with E-state index in [2.05, 4.69) is 167 Å². The molecule has 0 aliphatic carbocycles. The van der Waals surface area contributed by atoms with E-state index in [1.54, 1.807) is 0 Å². The number of carbonyl (C=O) groups is 3. The molecule has 0 N–H and O–H groups in total. The van der Waals surface area contributed by atoms with Crippen LogP contribution < -0.4 is 0 Å². The predicted octanol–water partition coefficient (Wildman–Crippen LogP) is 19.5. The highest BCUT2D eigenvalue weighted by Crippen LogP contribution is 2.10. The normalized spacial score (nSPS) is 13.0. The van der Waals surface area contributed by atoms with E-state index in [0.717, 1.165) is 103 Å². The summed E-state index contributed by atoms with van der Waals surface area (Å²) in [6, 6.07) is 0. The molecule has 406 valence electrons. The molecule has 0 aromatic heterocycles. The van der Waals surface area contributed by atoms with E-state index in [-0.39, 0.29) is 50.4 Å². The summed E-state index contributed by atoms with van der Waals surface area (Å²) in [6.07, 6.45) is 87.9. The van der Waals surface area contributed by atoms with E-state index in [0.29, 0.717) is 19.3 Å². The standard InChI is InChI=1S/C67H102O6/c1-4-7-10-13-16-19-22-25-28-31-33-36-38-41-44-47-50-53-56-59-65(68)71-62-64(73-67(70)61-58-55-52-49-46-43-40-35-30-27-24-21-18-15-12-9-6-3)63-72-66(69)60-57-54-51-48-45-42-39-37-34-32-29-26-23-20-17-14-11-8-5-2/h9,12,16-21,25-30,33-34,36-37,40-45,50-51,53-54,64H,4-8,10-11,13-15,22-24,31-32,35,38-39,46-49,52,55-63H2,1-3H3/b12-9-,19-16-,20-17-,21-18-,28-25-,29-26-,30-27-,36-33-,37-34-,43-40-,44-41-,45-42-,53-50-,54-51-. The number of carbonyl (C=O) groups excluding carboxylic acids is 3. The Balaban J connectivity index is 4.69. The van der Waals surface area contributed by atoms with Gasteiger partial charge in [0.15, 0.2) is 6.10 Å². The SMILES string of the molecule is CC/C=C\C/C=C\C/C=C\C/C=C\CCCCCCC(=O)OC(COC(=O)CC/C=C\C/C=C\C/C=C\C/C=C\C/C=C\CCCCC)COC(=O)CC/C=C\C/C=C\C/C=C\C/C=C\C/C=C\CCCCC. The Morgan fingerprint density at radius 3 is 0.877 bits per heavy atom. The summed E-state index contributed by atoms with van der Waals surface area (Å²) in [4.78, 5) is 38.1. The van der Waals surface area contributed by atoms with Gasteiger partial charge in [-0.25, -0.2) is 0 Å². The fraction of sp³-hybridized carbons (Fsp3) is 0.537. The smallest absolute Gasteiger partial charge is 0.306 e. The van der Waals surface area contributed by atoms with E-state index < -0.39 is 6.10 Å². The molecule has 0 radical (unpaired) electrons. The molecule has 0 saturated heterocycles. The molecule has 0 atom stereocenters. The van der Waals surface area contributed by atoms with Crippen molar-refractivity contribution >= 4 is 17.9 Å². The topological polar surface area (TPSA) is 78.9 Å². The maximum atomic E-state index is 12.9. The molecule has 0 amide bonds. The summed E-state index contributed by atoms with van der Waals surface area (Å²) in [5.74, 6) is -1.15. The third kappa shape index (κ3) is 57.5. The number of rotatable bonds is 49. The molecule has 73 heavy (non-hydrogen) atoms. The van der Waals surface area contributed by atoms with Crippen LogP contribution >= 0.6 is 0 Å². The van der Waals surface area contributed by atoms with Crippen LogP contribution in [0.1, 0.15) is 213 Å². The molecule has 0 fully saturated rings. The van der Waals surface area contributed by atoms with Crippen LogP contribution in [0, 0.1) is 0 Å². The first-order valence-electron chi connectivity index (χ1n) is 28.6. The van der Waals surface area contributed by atoms with Crippen molar-refractivity contribution in [3.8, 4) is 0 Å². The zero-order valence-electron chi connectivity index (χ0n) is 46.3. The molecule has 0 heterocycles. The van der Waals surface area contributed by atoms with Crippen LogP contribution in [-0.4, -0.2) is 37.2 Å². The molecule has 6 heteroatoms. The second-order valence-corrected chi connectivity index (χ2v) is 18.1. The van der Waals surface area contributed by atoms with Crippen molar-refractivity contribution in [2.24, 2.45) is 0 Å². The van der Waals surface area contributed by atoms with Crippen LogP contribution in [0.25, 0.3) is 0 Å². The molecule has 0 aromatic carbocycles. The lowest BCUT2D eigenvalue weighted by atomic mass is 10.1. The maximum absolute atomic E-state index is 12.9. The lowest BCUT2D eigenvalue weighted by Crippen LogP contribution is -2.30. The van der Waals surface area contributed by atoms with Crippen molar-refractivity contribution in [2.75, 3.05) is 13.2 Å². The van der Waals surface area contributed by atoms with Gasteiger partial charge in [-0.2, -0.15) is 0 Å². The van der Waals surface area contributed by atoms with Crippen molar-refractivity contribution in [3.63, 3.8) is 0 Å². The summed E-state index contributed by atoms with van der Waals surface area (Å²) >= 11 is 0. The van der Waals surface area contributed by atoms with Crippen molar-refractivity contribution in [1.29, 1.82) is 0 Å². The van der Waals surface area contributed by atoms with Gasteiger partial charge in [-0.05, 0) is 135 Å². The molecule has 0 unspecified atom stereocenters. The van der Waals surface area contributed by atoms with Gasteiger partial charge in [-0.1, -0.05) is 229 Å². The molecule has 6 nitrogen and oxygen atoms in total. The molecule has 0 rings (SSSR count). The van der Waals surface area contributed by atoms with Gasteiger partial charge >= 0.3 is 17.9 Å². The monoisotopic (exact) mass is 1000 g/mol.